The number of morpholine rings is 1. The first-order valence-corrected chi connectivity index (χ1v) is 8.24. The molecule has 7 heteroatoms. The number of carbonyl (C=O) groups is 1. The molecule has 0 bridgehead atoms. The molecule has 0 radical (unpaired) electrons. The molecule has 2 atom stereocenters. The van der Waals surface area contributed by atoms with Crippen LogP contribution in [0.1, 0.15) is 23.0 Å². The summed E-state index contributed by atoms with van der Waals surface area (Å²) in [5.74, 6) is -0.152. The maximum absolute atomic E-state index is 13.0. The molecule has 1 aromatic carbocycles. The second kappa shape index (κ2) is 6.25. The number of ether oxygens (including phenoxy) is 2. The van der Waals surface area contributed by atoms with E-state index in [0.29, 0.717) is 13.2 Å². The Bertz CT molecular complexity index is 849. The molecule has 3 heterocycles. The average molecular weight is 341 g/mol. The molecule has 25 heavy (non-hydrogen) atoms. The topological polar surface area (TPSA) is 72.8 Å². The lowest BCUT2D eigenvalue weighted by molar-refractivity contribution is -0.0311. The summed E-state index contributed by atoms with van der Waals surface area (Å²) in [7, 11) is 0. The first kappa shape index (κ1) is 15.7. The van der Waals surface area contributed by atoms with Gasteiger partial charge in [0, 0.05) is 12.3 Å². The Labute approximate surface area is 144 Å². The van der Waals surface area contributed by atoms with Gasteiger partial charge in [-0.15, -0.1) is 0 Å². The quantitative estimate of drug-likeness (QED) is 0.907. The number of nitrogens with zero attached hydrogens (tertiary/aromatic N) is 2. The molecule has 1 fully saturated rings. The number of pyridine rings is 1. The molecule has 0 saturated carbocycles. The van der Waals surface area contributed by atoms with E-state index in [1.807, 2.05) is 37.3 Å². The van der Waals surface area contributed by atoms with E-state index in [0.717, 1.165) is 5.56 Å². The summed E-state index contributed by atoms with van der Waals surface area (Å²) in [6, 6.07) is 10.9. The number of benzene rings is 1. The predicted molar refractivity (Wildman–Crippen MR) is 91.1 cm³/mol. The standard InChI is InChI=1S/C18H19N3O4/c1-12-9-24-11-15-19-20-8-7-14(22)17(16(20)18(23)21(12)15)25-10-13-5-3-2-4-6-13/h2-8,12,15,19H,9-11H2,1H3/t12-,15?/m0/s1. The number of rotatable bonds is 3. The molecule has 0 aliphatic carbocycles. The van der Waals surface area contributed by atoms with Gasteiger partial charge in [0.05, 0.1) is 19.3 Å². The van der Waals surface area contributed by atoms with Crippen molar-refractivity contribution in [3.8, 4) is 5.75 Å². The van der Waals surface area contributed by atoms with Crippen molar-refractivity contribution >= 4 is 5.91 Å². The molecule has 1 amide bonds. The third kappa shape index (κ3) is 2.76. The predicted octanol–water partition coefficient (Wildman–Crippen LogP) is 1.17. The van der Waals surface area contributed by atoms with Crippen molar-refractivity contribution in [3.05, 3.63) is 64.1 Å². The van der Waals surface area contributed by atoms with Crippen LogP contribution in [0.4, 0.5) is 0 Å². The van der Waals surface area contributed by atoms with Crippen LogP contribution in [-0.2, 0) is 11.3 Å². The van der Waals surface area contributed by atoms with E-state index in [2.05, 4.69) is 5.43 Å². The Kier molecular flexibility index (Phi) is 3.93. The van der Waals surface area contributed by atoms with Crippen molar-refractivity contribution < 1.29 is 14.3 Å². The van der Waals surface area contributed by atoms with E-state index in [1.165, 1.54) is 6.07 Å². The Morgan fingerprint density at radius 1 is 1.20 bits per heavy atom. The van der Waals surface area contributed by atoms with Gasteiger partial charge in [0.1, 0.15) is 12.8 Å². The van der Waals surface area contributed by atoms with Crippen LogP contribution in [0.15, 0.2) is 47.4 Å². The van der Waals surface area contributed by atoms with Gasteiger partial charge in [-0.1, -0.05) is 30.3 Å². The summed E-state index contributed by atoms with van der Waals surface area (Å²) in [6.45, 7) is 3.03. The van der Waals surface area contributed by atoms with E-state index >= 15 is 0 Å². The fraction of sp³-hybridized carbons (Fsp3) is 0.333. The molecule has 1 saturated heterocycles. The third-order valence-electron chi connectivity index (χ3n) is 4.45. The summed E-state index contributed by atoms with van der Waals surface area (Å²) in [5, 5.41) is 0. The van der Waals surface area contributed by atoms with E-state index in [4.69, 9.17) is 9.47 Å². The van der Waals surface area contributed by atoms with Gasteiger partial charge in [0.15, 0.2) is 11.4 Å². The van der Waals surface area contributed by atoms with E-state index in [9.17, 15) is 9.59 Å². The zero-order valence-corrected chi connectivity index (χ0v) is 13.8. The van der Waals surface area contributed by atoms with Gasteiger partial charge in [-0.3, -0.25) is 14.3 Å². The largest absolute Gasteiger partial charge is 0.482 e. The van der Waals surface area contributed by atoms with Crippen LogP contribution in [0.3, 0.4) is 0 Å². The van der Waals surface area contributed by atoms with Crippen molar-refractivity contribution in [1.82, 2.24) is 9.58 Å². The van der Waals surface area contributed by atoms with Crippen LogP contribution in [0.5, 0.6) is 5.75 Å². The highest BCUT2D eigenvalue weighted by molar-refractivity contribution is 5.96. The highest BCUT2D eigenvalue weighted by atomic mass is 16.5. The van der Waals surface area contributed by atoms with Gasteiger partial charge in [-0.25, -0.2) is 0 Å². The van der Waals surface area contributed by atoms with Crippen molar-refractivity contribution in [2.75, 3.05) is 18.6 Å². The van der Waals surface area contributed by atoms with Crippen molar-refractivity contribution in [2.45, 2.75) is 25.7 Å². The molecular weight excluding hydrogens is 322 g/mol. The Balaban J connectivity index is 1.70. The van der Waals surface area contributed by atoms with Gasteiger partial charge < -0.3 is 19.8 Å². The SMILES string of the molecule is C[C@H]1COCC2Nn3ccc(=O)c(OCc4ccccc4)c3C(=O)N21. The number of aromatic nitrogens is 1. The van der Waals surface area contributed by atoms with Crippen LogP contribution >= 0.6 is 0 Å². The van der Waals surface area contributed by atoms with Crippen LogP contribution in [-0.4, -0.2) is 40.9 Å². The molecule has 0 spiro atoms. The van der Waals surface area contributed by atoms with Crippen molar-refractivity contribution in [3.63, 3.8) is 0 Å². The number of hydrogen-bond donors (Lipinski definition) is 1. The zero-order chi connectivity index (χ0) is 17.4. The van der Waals surface area contributed by atoms with Crippen LogP contribution in [0, 0.1) is 0 Å². The molecular formula is C18H19N3O4. The van der Waals surface area contributed by atoms with Crippen LogP contribution < -0.4 is 15.6 Å². The fourth-order valence-electron chi connectivity index (χ4n) is 3.24. The number of nitrogens with one attached hydrogen (secondary N) is 1. The first-order chi connectivity index (χ1) is 12.1. The summed E-state index contributed by atoms with van der Waals surface area (Å²) < 4.78 is 12.8. The molecule has 1 N–H and O–H groups in total. The molecule has 7 nitrogen and oxygen atoms in total. The molecule has 2 aliphatic heterocycles. The number of amides is 1. The van der Waals surface area contributed by atoms with Gasteiger partial charge >= 0.3 is 0 Å². The number of carbonyl (C=O) groups excluding carboxylic acids is 1. The van der Waals surface area contributed by atoms with Crippen molar-refractivity contribution in [1.29, 1.82) is 0 Å². The van der Waals surface area contributed by atoms with Crippen LogP contribution in [0.2, 0.25) is 0 Å². The van der Waals surface area contributed by atoms with Crippen LogP contribution in [0.25, 0.3) is 0 Å². The monoisotopic (exact) mass is 341 g/mol. The Morgan fingerprint density at radius 3 is 2.80 bits per heavy atom. The highest BCUT2D eigenvalue weighted by Gasteiger charge is 2.40. The molecule has 2 aromatic rings. The van der Waals surface area contributed by atoms with E-state index in [1.54, 1.807) is 15.8 Å². The minimum atomic E-state index is -0.309. The van der Waals surface area contributed by atoms with Gasteiger partial charge in [-0.05, 0) is 12.5 Å². The molecule has 1 unspecified atom stereocenters. The summed E-state index contributed by atoms with van der Waals surface area (Å²) in [6.07, 6.45) is 1.30. The molecule has 2 aliphatic rings. The van der Waals surface area contributed by atoms with E-state index in [-0.39, 0.29) is 41.6 Å². The molecule has 1 aromatic heterocycles. The maximum atomic E-state index is 13.0. The van der Waals surface area contributed by atoms with Gasteiger partial charge in [-0.2, -0.15) is 0 Å². The lowest BCUT2D eigenvalue weighted by Gasteiger charge is -2.44. The number of fused-ring (bicyclic) bond motifs is 2. The summed E-state index contributed by atoms with van der Waals surface area (Å²) in [4.78, 5) is 27.1. The Morgan fingerprint density at radius 2 is 2.00 bits per heavy atom. The first-order valence-electron chi connectivity index (χ1n) is 8.24. The fourth-order valence-corrected chi connectivity index (χ4v) is 3.24. The third-order valence-corrected chi connectivity index (χ3v) is 4.45. The Hall–Kier alpha value is -2.80. The van der Waals surface area contributed by atoms with E-state index < -0.39 is 0 Å². The summed E-state index contributed by atoms with van der Waals surface area (Å²) in [5.41, 5.74) is 4.05. The maximum Gasteiger partial charge on any atom is 0.278 e. The smallest absolute Gasteiger partial charge is 0.278 e. The molecule has 4 rings (SSSR count). The van der Waals surface area contributed by atoms with Gasteiger partial charge in [0.2, 0.25) is 5.43 Å². The minimum absolute atomic E-state index is 0.0704. The minimum Gasteiger partial charge on any atom is -0.482 e. The second-order valence-corrected chi connectivity index (χ2v) is 6.25. The second-order valence-electron chi connectivity index (χ2n) is 6.25. The average Bonchev–Trinajstić information content (AvgIpc) is 2.62. The molecule has 130 valence electrons. The van der Waals surface area contributed by atoms with Crippen molar-refractivity contribution in [2.24, 2.45) is 0 Å². The zero-order valence-electron chi connectivity index (χ0n) is 13.8. The normalized spacial score (nSPS) is 22.0. The lowest BCUT2D eigenvalue weighted by atomic mass is 10.1. The van der Waals surface area contributed by atoms with Gasteiger partial charge in [0.25, 0.3) is 5.91 Å². The highest BCUT2D eigenvalue weighted by Crippen LogP contribution is 2.25. The summed E-state index contributed by atoms with van der Waals surface area (Å²) >= 11 is 0. The lowest BCUT2D eigenvalue weighted by Crippen LogP contribution is -2.62. The number of hydrogen-bond acceptors (Lipinski definition) is 5.